The van der Waals surface area contributed by atoms with Crippen LogP contribution in [0.15, 0.2) is 54.2 Å². The molecule has 6 nitrogen and oxygen atoms in total. The van der Waals surface area contributed by atoms with Crippen LogP contribution in [0.2, 0.25) is 0 Å². The number of carbonyl (C=O) groups is 2. The molecule has 1 N–H and O–H groups in total. The summed E-state index contributed by atoms with van der Waals surface area (Å²) >= 11 is 0. The van der Waals surface area contributed by atoms with Gasteiger partial charge in [0.15, 0.2) is 0 Å². The van der Waals surface area contributed by atoms with Crippen LogP contribution in [-0.4, -0.2) is 34.4 Å². The SMILES string of the molecule is Cc1ccc(NC(=O)/C(C#N)=C/c2cn(CC(=O)N3CCC(C)CC3)c3ccccc23)c(C)c1. The molecule has 1 aliphatic heterocycles. The van der Waals surface area contributed by atoms with Gasteiger partial charge in [0.25, 0.3) is 5.91 Å². The van der Waals surface area contributed by atoms with Gasteiger partial charge in [-0.2, -0.15) is 5.26 Å². The van der Waals surface area contributed by atoms with Crippen molar-refractivity contribution in [3.05, 3.63) is 70.9 Å². The average molecular weight is 455 g/mol. The van der Waals surface area contributed by atoms with Crippen LogP contribution in [0.1, 0.15) is 36.5 Å². The normalized spacial score (nSPS) is 14.8. The molecule has 6 heteroatoms. The maximum absolute atomic E-state index is 12.9. The Balaban J connectivity index is 1.60. The first-order chi connectivity index (χ1) is 16.4. The molecule has 2 aromatic carbocycles. The number of para-hydroxylation sites is 1. The van der Waals surface area contributed by atoms with Crippen LogP contribution in [0, 0.1) is 31.1 Å². The maximum Gasteiger partial charge on any atom is 0.266 e. The number of aryl methyl sites for hydroxylation is 2. The highest BCUT2D eigenvalue weighted by atomic mass is 16.2. The highest BCUT2D eigenvalue weighted by Crippen LogP contribution is 2.25. The minimum absolute atomic E-state index is 0.0132. The molecule has 0 atom stereocenters. The number of nitrogens with one attached hydrogen (secondary N) is 1. The quantitative estimate of drug-likeness (QED) is 0.432. The van der Waals surface area contributed by atoms with E-state index < -0.39 is 5.91 Å². The Morgan fingerprint density at radius 2 is 1.88 bits per heavy atom. The predicted molar refractivity (Wildman–Crippen MR) is 135 cm³/mol. The summed E-state index contributed by atoms with van der Waals surface area (Å²) in [4.78, 5) is 27.7. The number of nitrogens with zero attached hydrogens (tertiary/aromatic N) is 3. The molecule has 1 aromatic heterocycles. The van der Waals surface area contributed by atoms with Crippen molar-refractivity contribution in [3.8, 4) is 6.07 Å². The fourth-order valence-electron chi connectivity index (χ4n) is 4.47. The lowest BCUT2D eigenvalue weighted by molar-refractivity contribution is -0.133. The van der Waals surface area contributed by atoms with Crippen molar-refractivity contribution in [1.29, 1.82) is 5.26 Å². The van der Waals surface area contributed by atoms with Crippen LogP contribution in [0.25, 0.3) is 17.0 Å². The third kappa shape index (κ3) is 5.04. The van der Waals surface area contributed by atoms with E-state index in [-0.39, 0.29) is 18.0 Å². The predicted octanol–water partition coefficient (Wildman–Crippen LogP) is 5.06. The molecule has 4 rings (SSSR count). The summed E-state index contributed by atoms with van der Waals surface area (Å²) < 4.78 is 1.92. The fraction of sp³-hybridized carbons (Fsp3) is 0.321. The van der Waals surface area contributed by atoms with E-state index in [1.165, 1.54) is 0 Å². The van der Waals surface area contributed by atoms with Gasteiger partial charge in [0, 0.05) is 41.4 Å². The lowest BCUT2D eigenvalue weighted by Crippen LogP contribution is -2.39. The van der Waals surface area contributed by atoms with Gasteiger partial charge in [-0.05, 0) is 56.4 Å². The Kier molecular flexibility index (Phi) is 6.83. The smallest absolute Gasteiger partial charge is 0.266 e. The van der Waals surface area contributed by atoms with Gasteiger partial charge in [-0.25, -0.2) is 0 Å². The van der Waals surface area contributed by atoms with Crippen molar-refractivity contribution in [2.75, 3.05) is 18.4 Å². The van der Waals surface area contributed by atoms with Crippen LogP contribution >= 0.6 is 0 Å². The van der Waals surface area contributed by atoms with Crippen LogP contribution < -0.4 is 5.32 Å². The molecule has 0 saturated carbocycles. The van der Waals surface area contributed by atoms with E-state index in [0.29, 0.717) is 11.6 Å². The number of benzene rings is 2. The minimum atomic E-state index is -0.454. The zero-order chi connectivity index (χ0) is 24.2. The number of amides is 2. The molecule has 0 bridgehead atoms. The largest absolute Gasteiger partial charge is 0.341 e. The molecule has 0 unspecified atom stereocenters. The van der Waals surface area contributed by atoms with E-state index >= 15 is 0 Å². The number of aromatic nitrogens is 1. The molecule has 2 heterocycles. The standard InChI is InChI=1S/C28H30N4O2/c1-19-10-12-31(13-11-19)27(33)18-32-17-23(24-6-4-5-7-26(24)32)15-22(16-29)28(34)30-25-9-8-20(2)14-21(25)3/h4-9,14-15,17,19H,10-13,18H2,1-3H3,(H,30,34)/b22-15+. The molecule has 34 heavy (non-hydrogen) atoms. The van der Waals surface area contributed by atoms with Gasteiger partial charge in [0.2, 0.25) is 5.91 Å². The van der Waals surface area contributed by atoms with Crippen LogP contribution in [0.3, 0.4) is 0 Å². The Labute approximate surface area is 200 Å². The second kappa shape index (κ2) is 9.96. The Hall–Kier alpha value is -3.85. The van der Waals surface area contributed by atoms with Crippen LogP contribution in [0.5, 0.6) is 0 Å². The van der Waals surface area contributed by atoms with Gasteiger partial charge in [-0.15, -0.1) is 0 Å². The Morgan fingerprint density at radius 1 is 1.15 bits per heavy atom. The number of fused-ring (bicyclic) bond motifs is 1. The van der Waals surface area contributed by atoms with E-state index in [0.717, 1.165) is 53.5 Å². The Bertz CT molecular complexity index is 1300. The molecule has 1 aliphatic rings. The summed E-state index contributed by atoms with van der Waals surface area (Å²) in [7, 11) is 0. The van der Waals surface area contributed by atoms with E-state index in [9.17, 15) is 14.9 Å². The second-order valence-corrected chi connectivity index (χ2v) is 9.24. The third-order valence-electron chi connectivity index (χ3n) is 6.56. The summed E-state index contributed by atoms with van der Waals surface area (Å²) in [5.41, 5.74) is 4.38. The van der Waals surface area contributed by atoms with Crippen molar-refractivity contribution in [2.24, 2.45) is 5.92 Å². The molecular formula is C28H30N4O2. The molecule has 1 fully saturated rings. The van der Waals surface area contributed by atoms with E-state index in [1.807, 2.05) is 78.0 Å². The fourth-order valence-corrected chi connectivity index (χ4v) is 4.47. The van der Waals surface area contributed by atoms with Crippen LogP contribution in [-0.2, 0) is 16.1 Å². The monoisotopic (exact) mass is 454 g/mol. The second-order valence-electron chi connectivity index (χ2n) is 9.24. The first-order valence-corrected chi connectivity index (χ1v) is 11.7. The van der Waals surface area contributed by atoms with Gasteiger partial charge in [0.05, 0.1) is 0 Å². The first-order valence-electron chi connectivity index (χ1n) is 11.7. The summed E-state index contributed by atoms with van der Waals surface area (Å²) in [6.45, 7) is 7.96. The number of rotatable bonds is 5. The molecule has 174 valence electrons. The molecule has 0 aliphatic carbocycles. The van der Waals surface area contributed by atoms with Gasteiger partial charge >= 0.3 is 0 Å². The average Bonchev–Trinajstić information content (AvgIpc) is 3.16. The zero-order valence-corrected chi connectivity index (χ0v) is 20.0. The number of likely N-dealkylation sites (tertiary alicyclic amines) is 1. The van der Waals surface area contributed by atoms with E-state index in [4.69, 9.17) is 0 Å². The first kappa shape index (κ1) is 23.3. The lowest BCUT2D eigenvalue weighted by atomic mass is 9.99. The summed E-state index contributed by atoms with van der Waals surface area (Å²) in [5, 5.41) is 13.5. The highest BCUT2D eigenvalue weighted by Gasteiger charge is 2.21. The maximum atomic E-state index is 12.9. The molecule has 2 amide bonds. The van der Waals surface area contributed by atoms with Crippen molar-refractivity contribution >= 4 is 34.5 Å². The number of anilines is 1. The highest BCUT2D eigenvalue weighted by molar-refractivity contribution is 6.11. The number of nitriles is 1. The number of carbonyl (C=O) groups excluding carboxylic acids is 2. The molecule has 3 aromatic rings. The molecule has 1 saturated heterocycles. The van der Waals surface area contributed by atoms with E-state index in [1.54, 1.807) is 6.08 Å². The molecule has 0 radical (unpaired) electrons. The van der Waals surface area contributed by atoms with Crippen molar-refractivity contribution in [2.45, 2.75) is 40.2 Å². The lowest BCUT2D eigenvalue weighted by Gasteiger charge is -2.30. The number of hydrogen-bond acceptors (Lipinski definition) is 3. The zero-order valence-electron chi connectivity index (χ0n) is 20.0. The Morgan fingerprint density at radius 3 is 2.59 bits per heavy atom. The van der Waals surface area contributed by atoms with Gasteiger partial charge in [-0.3, -0.25) is 9.59 Å². The number of piperidine rings is 1. The summed E-state index contributed by atoms with van der Waals surface area (Å²) in [5.74, 6) is 0.300. The topological polar surface area (TPSA) is 78.1 Å². The van der Waals surface area contributed by atoms with Gasteiger partial charge in [0.1, 0.15) is 18.2 Å². The van der Waals surface area contributed by atoms with Gasteiger partial charge < -0.3 is 14.8 Å². The number of hydrogen-bond donors (Lipinski definition) is 1. The van der Waals surface area contributed by atoms with E-state index in [2.05, 4.69) is 12.2 Å². The van der Waals surface area contributed by atoms with Crippen molar-refractivity contribution in [1.82, 2.24) is 9.47 Å². The molecule has 0 spiro atoms. The minimum Gasteiger partial charge on any atom is -0.341 e. The van der Waals surface area contributed by atoms with Crippen molar-refractivity contribution in [3.63, 3.8) is 0 Å². The van der Waals surface area contributed by atoms with Crippen LogP contribution in [0.4, 0.5) is 5.69 Å². The third-order valence-corrected chi connectivity index (χ3v) is 6.56. The molecular weight excluding hydrogens is 424 g/mol. The summed E-state index contributed by atoms with van der Waals surface area (Å²) in [6.07, 6.45) is 5.53. The van der Waals surface area contributed by atoms with Gasteiger partial charge in [-0.1, -0.05) is 42.8 Å². The summed E-state index contributed by atoms with van der Waals surface area (Å²) in [6, 6.07) is 15.5. The van der Waals surface area contributed by atoms with Crippen molar-refractivity contribution < 1.29 is 9.59 Å².